The van der Waals surface area contributed by atoms with Crippen molar-refractivity contribution in [2.45, 2.75) is 20.4 Å². The number of rotatable bonds is 3. The number of carboxylic acids is 1. The number of aryl methyl sites for hydroxylation is 1. The Bertz CT molecular complexity index is 1070. The highest BCUT2D eigenvalue weighted by Crippen LogP contribution is 2.34. The lowest BCUT2D eigenvalue weighted by atomic mass is 9.92. The zero-order valence-electron chi connectivity index (χ0n) is 15.6. The number of carboxylic acid groups (broad SMARTS) is 1. The second-order valence-electron chi connectivity index (χ2n) is 7.02. The number of aromatic nitrogens is 1. The summed E-state index contributed by atoms with van der Waals surface area (Å²) < 4.78 is 0. The number of para-hydroxylation sites is 1. The predicted molar refractivity (Wildman–Crippen MR) is 109 cm³/mol. The smallest absolute Gasteiger partial charge is 0.336 e. The quantitative estimate of drug-likeness (QED) is 0.742. The Kier molecular flexibility index (Phi) is 4.50. The third-order valence-electron chi connectivity index (χ3n) is 5.12. The molecule has 0 bridgehead atoms. The standard InChI is InChI=1S/C23H22N2O2/c1-3-25-13-17(12-16-8-6-7-15(2)11-16)22-19(14-25)21(23(26)27)18-9-4-5-10-20(18)24-22/h4-12H,3,13-14H2,1-2H3,(H,26,27). The van der Waals surface area contributed by atoms with Crippen molar-refractivity contribution in [3.05, 3.63) is 76.5 Å². The average molecular weight is 358 g/mol. The number of hydrogen-bond donors (Lipinski definition) is 1. The Labute approximate surface area is 158 Å². The minimum absolute atomic E-state index is 0.379. The zero-order valence-corrected chi connectivity index (χ0v) is 15.6. The van der Waals surface area contributed by atoms with E-state index in [1.807, 2.05) is 30.3 Å². The highest BCUT2D eigenvalue weighted by molar-refractivity contribution is 6.06. The first-order valence-corrected chi connectivity index (χ1v) is 9.21. The van der Waals surface area contributed by atoms with Crippen molar-refractivity contribution in [1.29, 1.82) is 0 Å². The minimum atomic E-state index is -0.891. The second-order valence-corrected chi connectivity index (χ2v) is 7.02. The van der Waals surface area contributed by atoms with Crippen molar-refractivity contribution in [3.8, 4) is 0 Å². The molecule has 3 aromatic rings. The number of likely N-dealkylation sites (N-methyl/N-ethyl adjacent to an activating group) is 1. The van der Waals surface area contributed by atoms with Gasteiger partial charge in [-0.2, -0.15) is 0 Å². The molecule has 1 aromatic heterocycles. The van der Waals surface area contributed by atoms with Crippen LogP contribution < -0.4 is 0 Å². The second kappa shape index (κ2) is 6.97. The Morgan fingerprint density at radius 1 is 1.19 bits per heavy atom. The van der Waals surface area contributed by atoms with E-state index in [0.717, 1.165) is 41.0 Å². The average Bonchev–Trinajstić information content (AvgIpc) is 2.66. The van der Waals surface area contributed by atoms with Crippen LogP contribution in [0.5, 0.6) is 0 Å². The number of benzene rings is 2. The number of carbonyl (C=O) groups is 1. The van der Waals surface area contributed by atoms with Gasteiger partial charge in [-0.15, -0.1) is 0 Å². The fraction of sp³-hybridized carbons (Fsp3) is 0.217. The molecule has 0 amide bonds. The highest BCUT2D eigenvalue weighted by atomic mass is 16.4. The molecule has 27 heavy (non-hydrogen) atoms. The van der Waals surface area contributed by atoms with Gasteiger partial charge in [-0.3, -0.25) is 4.90 Å². The van der Waals surface area contributed by atoms with Crippen molar-refractivity contribution in [3.63, 3.8) is 0 Å². The molecule has 4 rings (SSSR count). The van der Waals surface area contributed by atoms with Crippen LogP contribution in [0.4, 0.5) is 0 Å². The third kappa shape index (κ3) is 3.24. The van der Waals surface area contributed by atoms with Crippen LogP contribution in [0.3, 0.4) is 0 Å². The summed E-state index contributed by atoms with van der Waals surface area (Å²) in [7, 11) is 0. The van der Waals surface area contributed by atoms with E-state index in [9.17, 15) is 9.90 Å². The van der Waals surface area contributed by atoms with Crippen LogP contribution in [0, 0.1) is 6.92 Å². The first-order chi connectivity index (χ1) is 13.1. The van der Waals surface area contributed by atoms with Crippen LogP contribution in [0.15, 0.2) is 48.5 Å². The normalized spacial score (nSPS) is 15.9. The molecule has 2 aromatic carbocycles. The molecular weight excluding hydrogens is 336 g/mol. The molecule has 1 aliphatic rings. The van der Waals surface area contributed by atoms with E-state index >= 15 is 0 Å². The largest absolute Gasteiger partial charge is 0.478 e. The first kappa shape index (κ1) is 17.4. The van der Waals surface area contributed by atoms with Gasteiger partial charge in [0.05, 0.1) is 16.8 Å². The Hall–Kier alpha value is -2.98. The van der Waals surface area contributed by atoms with Gasteiger partial charge in [0.15, 0.2) is 0 Å². The number of hydrogen-bond acceptors (Lipinski definition) is 3. The lowest BCUT2D eigenvalue weighted by Crippen LogP contribution is -2.31. The molecular formula is C23H22N2O2. The fourth-order valence-corrected chi connectivity index (χ4v) is 3.81. The molecule has 4 nitrogen and oxygen atoms in total. The maximum Gasteiger partial charge on any atom is 0.336 e. The molecule has 0 fully saturated rings. The molecule has 4 heteroatoms. The maximum atomic E-state index is 12.1. The Balaban J connectivity index is 1.99. The summed E-state index contributed by atoms with van der Waals surface area (Å²) in [5.41, 5.74) is 6.12. The van der Waals surface area contributed by atoms with Crippen LogP contribution >= 0.6 is 0 Å². The Morgan fingerprint density at radius 2 is 2.00 bits per heavy atom. The molecule has 136 valence electrons. The molecule has 0 radical (unpaired) electrons. The summed E-state index contributed by atoms with van der Waals surface area (Å²) in [6.45, 7) is 6.41. The lowest BCUT2D eigenvalue weighted by molar-refractivity contribution is 0.0696. The third-order valence-corrected chi connectivity index (χ3v) is 5.12. The molecule has 0 spiro atoms. The van der Waals surface area contributed by atoms with Crippen molar-refractivity contribution >= 4 is 28.5 Å². The predicted octanol–water partition coefficient (Wildman–Crippen LogP) is 4.62. The molecule has 0 unspecified atom stereocenters. The summed E-state index contributed by atoms with van der Waals surface area (Å²) in [5, 5.41) is 10.6. The van der Waals surface area contributed by atoms with E-state index in [4.69, 9.17) is 4.98 Å². The summed E-state index contributed by atoms with van der Waals surface area (Å²) >= 11 is 0. The first-order valence-electron chi connectivity index (χ1n) is 9.21. The van der Waals surface area contributed by atoms with E-state index in [0.29, 0.717) is 17.5 Å². The van der Waals surface area contributed by atoms with Gasteiger partial charge in [-0.1, -0.05) is 55.0 Å². The van der Waals surface area contributed by atoms with Gasteiger partial charge < -0.3 is 5.11 Å². The number of fused-ring (bicyclic) bond motifs is 2. The van der Waals surface area contributed by atoms with Crippen LogP contribution in [-0.4, -0.2) is 34.0 Å². The molecule has 0 atom stereocenters. The van der Waals surface area contributed by atoms with Gasteiger partial charge >= 0.3 is 5.97 Å². The van der Waals surface area contributed by atoms with Gasteiger partial charge in [-0.25, -0.2) is 9.78 Å². The molecule has 1 aliphatic heterocycles. The van der Waals surface area contributed by atoms with E-state index in [1.165, 1.54) is 5.56 Å². The lowest BCUT2D eigenvalue weighted by Gasteiger charge is -2.30. The summed E-state index contributed by atoms with van der Waals surface area (Å²) in [5.74, 6) is -0.891. The van der Waals surface area contributed by atoms with Crippen molar-refractivity contribution < 1.29 is 9.90 Å². The van der Waals surface area contributed by atoms with Crippen molar-refractivity contribution in [2.24, 2.45) is 0 Å². The molecule has 2 heterocycles. The number of aromatic carboxylic acids is 1. The molecule has 0 saturated carbocycles. The SMILES string of the molecule is CCN1CC(=Cc2cccc(C)c2)c2nc3ccccc3c(C(=O)O)c2C1. The zero-order chi connectivity index (χ0) is 19.0. The van der Waals surface area contributed by atoms with Crippen LogP contribution in [0.25, 0.3) is 22.6 Å². The van der Waals surface area contributed by atoms with Gasteiger partial charge in [0, 0.05) is 24.0 Å². The topological polar surface area (TPSA) is 53.4 Å². The minimum Gasteiger partial charge on any atom is -0.478 e. The summed E-state index contributed by atoms with van der Waals surface area (Å²) in [6.07, 6.45) is 2.14. The van der Waals surface area contributed by atoms with Gasteiger partial charge in [-0.05, 0) is 36.7 Å². The van der Waals surface area contributed by atoms with Crippen molar-refractivity contribution in [1.82, 2.24) is 9.88 Å². The van der Waals surface area contributed by atoms with E-state index in [1.54, 1.807) is 0 Å². The summed E-state index contributed by atoms with van der Waals surface area (Å²) in [4.78, 5) is 19.3. The molecule has 0 aliphatic carbocycles. The monoisotopic (exact) mass is 358 g/mol. The van der Waals surface area contributed by atoms with Crippen LogP contribution in [0.1, 0.15) is 39.7 Å². The summed E-state index contributed by atoms with van der Waals surface area (Å²) in [6, 6.07) is 15.8. The van der Waals surface area contributed by atoms with Crippen molar-refractivity contribution in [2.75, 3.05) is 13.1 Å². The number of nitrogens with zero attached hydrogens (tertiary/aromatic N) is 2. The molecule has 0 saturated heterocycles. The van der Waals surface area contributed by atoms with Crippen LogP contribution in [-0.2, 0) is 6.54 Å². The highest BCUT2D eigenvalue weighted by Gasteiger charge is 2.27. The van der Waals surface area contributed by atoms with Gasteiger partial charge in [0.2, 0.25) is 0 Å². The number of pyridine rings is 1. The fourth-order valence-electron chi connectivity index (χ4n) is 3.81. The van der Waals surface area contributed by atoms with Gasteiger partial charge in [0.25, 0.3) is 0 Å². The van der Waals surface area contributed by atoms with Gasteiger partial charge in [0.1, 0.15) is 0 Å². The molecule has 1 N–H and O–H groups in total. The van der Waals surface area contributed by atoms with E-state index < -0.39 is 5.97 Å². The Morgan fingerprint density at radius 3 is 2.74 bits per heavy atom. The maximum absolute atomic E-state index is 12.1. The van der Waals surface area contributed by atoms with E-state index in [2.05, 4.69) is 43.0 Å². The van der Waals surface area contributed by atoms with E-state index in [-0.39, 0.29) is 0 Å². The van der Waals surface area contributed by atoms with Crippen LogP contribution in [0.2, 0.25) is 0 Å².